The Kier molecular flexibility index (Phi) is 4.24. The molecule has 0 unspecified atom stereocenters. The van der Waals surface area contributed by atoms with E-state index in [0.717, 1.165) is 24.3 Å². The second-order valence-corrected chi connectivity index (χ2v) is 4.13. The van der Waals surface area contributed by atoms with E-state index < -0.39 is 23.2 Å². The van der Waals surface area contributed by atoms with Gasteiger partial charge < -0.3 is 4.74 Å². The van der Waals surface area contributed by atoms with Gasteiger partial charge in [-0.1, -0.05) is 0 Å². The molecule has 3 nitrogen and oxygen atoms in total. The molecule has 106 valence electrons. The standard InChI is InChI=1S/C15H8F3NO2/c16-12-2-1-10(6-19)11(5-12)8-21-15-13(17)3-9(7-20)4-14(15)18/h1-5,7H,8H2. The lowest BCUT2D eigenvalue weighted by Crippen LogP contribution is -2.03. The average Bonchev–Trinajstić information content (AvgIpc) is 2.46. The summed E-state index contributed by atoms with van der Waals surface area (Å²) in [5, 5.41) is 8.87. The smallest absolute Gasteiger partial charge is 0.191 e. The Morgan fingerprint density at radius 2 is 1.81 bits per heavy atom. The van der Waals surface area contributed by atoms with E-state index >= 15 is 0 Å². The normalized spacial score (nSPS) is 10.0. The molecule has 0 fully saturated rings. The number of carbonyl (C=O) groups is 1. The van der Waals surface area contributed by atoms with Crippen LogP contribution in [0.1, 0.15) is 21.5 Å². The Balaban J connectivity index is 2.27. The number of carbonyl (C=O) groups excluding carboxylic acids is 1. The van der Waals surface area contributed by atoms with Crippen LogP contribution in [0.2, 0.25) is 0 Å². The molecule has 0 aliphatic heterocycles. The number of halogens is 3. The van der Waals surface area contributed by atoms with Gasteiger partial charge in [-0.05, 0) is 30.3 Å². The largest absolute Gasteiger partial charge is 0.483 e. The molecule has 0 amide bonds. The molecule has 0 aliphatic rings. The van der Waals surface area contributed by atoms with Gasteiger partial charge in [0, 0.05) is 11.1 Å². The molecule has 0 bridgehead atoms. The second-order valence-electron chi connectivity index (χ2n) is 4.13. The molecule has 0 spiro atoms. The van der Waals surface area contributed by atoms with Gasteiger partial charge in [0.05, 0.1) is 11.6 Å². The number of ether oxygens (including phenoxy) is 1. The first-order chi connectivity index (χ1) is 10.0. The summed E-state index contributed by atoms with van der Waals surface area (Å²) in [5.41, 5.74) is 0.137. The van der Waals surface area contributed by atoms with Crippen LogP contribution in [0, 0.1) is 28.8 Å². The molecular weight excluding hydrogens is 283 g/mol. The van der Waals surface area contributed by atoms with E-state index in [4.69, 9.17) is 10.00 Å². The number of aldehydes is 1. The number of benzene rings is 2. The van der Waals surface area contributed by atoms with E-state index in [1.807, 2.05) is 6.07 Å². The van der Waals surface area contributed by atoms with Crippen LogP contribution < -0.4 is 4.74 Å². The summed E-state index contributed by atoms with van der Waals surface area (Å²) in [6.07, 6.45) is 0.302. The van der Waals surface area contributed by atoms with E-state index in [9.17, 15) is 18.0 Å². The van der Waals surface area contributed by atoms with Crippen LogP contribution in [0.5, 0.6) is 5.75 Å². The highest BCUT2D eigenvalue weighted by Gasteiger charge is 2.14. The molecule has 0 aromatic heterocycles. The molecule has 21 heavy (non-hydrogen) atoms. The third-order valence-electron chi connectivity index (χ3n) is 2.72. The number of rotatable bonds is 4. The van der Waals surface area contributed by atoms with Crippen LogP contribution in [0.3, 0.4) is 0 Å². The van der Waals surface area contributed by atoms with Gasteiger partial charge in [-0.2, -0.15) is 5.26 Å². The fourth-order valence-electron chi connectivity index (χ4n) is 1.73. The fourth-order valence-corrected chi connectivity index (χ4v) is 1.73. The zero-order valence-corrected chi connectivity index (χ0v) is 10.6. The van der Waals surface area contributed by atoms with Gasteiger partial charge in [-0.3, -0.25) is 4.79 Å². The first kappa shape index (κ1) is 14.6. The van der Waals surface area contributed by atoms with Gasteiger partial charge in [-0.15, -0.1) is 0 Å². The first-order valence-electron chi connectivity index (χ1n) is 5.80. The summed E-state index contributed by atoms with van der Waals surface area (Å²) >= 11 is 0. The van der Waals surface area contributed by atoms with Crippen molar-refractivity contribution in [1.29, 1.82) is 5.26 Å². The lowest BCUT2D eigenvalue weighted by molar-refractivity contribution is 0.112. The summed E-state index contributed by atoms with van der Waals surface area (Å²) in [4.78, 5) is 10.5. The van der Waals surface area contributed by atoms with Crippen LogP contribution in [-0.4, -0.2) is 6.29 Å². The van der Waals surface area contributed by atoms with Crippen molar-refractivity contribution in [1.82, 2.24) is 0 Å². The van der Waals surface area contributed by atoms with E-state index in [1.54, 1.807) is 0 Å². The van der Waals surface area contributed by atoms with Crippen LogP contribution in [0.15, 0.2) is 30.3 Å². The average molecular weight is 291 g/mol. The van der Waals surface area contributed by atoms with Crippen molar-refractivity contribution < 1.29 is 22.7 Å². The minimum Gasteiger partial charge on any atom is -0.483 e. The van der Waals surface area contributed by atoms with Crippen molar-refractivity contribution in [2.24, 2.45) is 0 Å². The summed E-state index contributed by atoms with van der Waals surface area (Å²) in [5.74, 6) is -3.38. The van der Waals surface area contributed by atoms with Gasteiger partial charge in [0.1, 0.15) is 18.7 Å². The highest BCUT2D eigenvalue weighted by Crippen LogP contribution is 2.24. The molecule has 0 saturated carbocycles. The van der Waals surface area contributed by atoms with Crippen LogP contribution >= 0.6 is 0 Å². The third kappa shape index (κ3) is 3.20. The van der Waals surface area contributed by atoms with E-state index in [-0.39, 0.29) is 23.3 Å². The quantitative estimate of drug-likeness (QED) is 0.811. The molecule has 0 aliphatic carbocycles. The molecule has 0 N–H and O–H groups in total. The Morgan fingerprint density at radius 3 is 2.38 bits per heavy atom. The molecule has 2 rings (SSSR count). The van der Waals surface area contributed by atoms with Gasteiger partial charge >= 0.3 is 0 Å². The zero-order valence-electron chi connectivity index (χ0n) is 10.6. The van der Waals surface area contributed by atoms with Crippen molar-refractivity contribution in [2.45, 2.75) is 6.61 Å². The van der Waals surface area contributed by atoms with Gasteiger partial charge in [0.15, 0.2) is 17.4 Å². The van der Waals surface area contributed by atoms with Crippen LogP contribution in [-0.2, 0) is 6.61 Å². The van der Waals surface area contributed by atoms with Crippen molar-refractivity contribution in [3.63, 3.8) is 0 Å². The highest BCUT2D eigenvalue weighted by atomic mass is 19.1. The van der Waals surface area contributed by atoms with E-state index in [2.05, 4.69) is 0 Å². The fraction of sp³-hybridized carbons (Fsp3) is 0.0667. The maximum Gasteiger partial charge on any atom is 0.191 e. The minimum absolute atomic E-state index is 0.140. The van der Waals surface area contributed by atoms with Gasteiger partial charge in [0.2, 0.25) is 0 Å². The topological polar surface area (TPSA) is 50.1 Å². The molecule has 2 aromatic rings. The maximum absolute atomic E-state index is 13.6. The molecule has 0 saturated heterocycles. The lowest BCUT2D eigenvalue weighted by Gasteiger charge is -2.10. The summed E-state index contributed by atoms with van der Waals surface area (Å²) in [7, 11) is 0. The third-order valence-corrected chi connectivity index (χ3v) is 2.72. The number of nitrogens with zero attached hydrogens (tertiary/aromatic N) is 1. The molecule has 0 radical (unpaired) electrons. The highest BCUT2D eigenvalue weighted by molar-refractivity contribution is 5.75. The van der Waals surface area contributed by atoms with Crippen molar-refractivity contribution >= 4 is 6.29 Å². The predicted molar refractivity (Wildman–Crippen MR) is 67.2 cm³/mol. The Bertz CT molecular complexity index is 715. The number of hydrogen-bond acceptors (Lipinski definition) is 3. The van der Waals surface area contributed by atoms with Gasteiger partial charge in [-0.25, -0.2) is 13.2 Å². The molecule has 0 atom stereocenters. The van der Waals surface area contributed by atoms with Crippen molar-refractivity contribution in [3.05, 3.63) is 64.5 Å². The summed E-state index contributed by atoms with van der Waals surface area (Å²) in [6, 6.07) is 6.86. The molecule has 0 heterocycles. The Morgan fingerprint density at radius 1 is 1.14 bits per heavy atom. The molecule has 2 aromatic carbocycles. The van der Waals surface area contributed by atoms with Crippen molar-refractivity contribution in [2.75, 3.05) is 0 Å². The number of nitriles is 1. The lowest BCUT2D eigenvalue weighted by atomic mass is 10.1. The SMILES string of the molecule is N#Cc1ccc(F)cc1COc1c(F)cc(C=O)cc1F. The second kappa shape index (κ2) is 6.09. The minimum atomic E-state index is -1.05. The first-order valence-corrected chi connectivity index (χ1v) is 5.80. The molecule has 6 heteroatoms. The monoisotopic (exact) mass is 291 g/mol. The summed E-state index contributed by atoms with van der Waals surface area (Å²) < 4.78 is 45.3. The van der Waals surface area contributed by atoms with Crippen LogP contribution in [0.4, 0.5) is 13.2 Å². The Hall–Kier alpha value is -2.81. The van der Waals surface area contributed by atoms with E-state index in [1.165, 1.54) is 6.07 Å². The van der Waals surface area contributed by atoms with E-state index in [0.29, 0.717) is 6.29 Å². The predicted octanol–water partition coefficient (Wildman–Crippen LogP) is 3.37. The maximum atomic E-state index is 13.6. The zero-order chi connectivity index (χ0) is 15.4. The number of hydrogen-bond donors (Lipinski definition) is 0. The Labute approximate surface area is 118 Å². The molecular formula is C15H8F3NO2. The van der Waals surface area contributed by atoms with Crippen LogP contribution in [0.25, 0.3) is 0 Å². The van der Waals surface area contributed by atoms with Crippen molar-refractivity contribution in [3.8, 4) is 11.8 Å². The summed E-state index contributed by atoms with van der Waals surface area (Å²) in [6.45, 7) is -0.380. The van der Waals surface area contributed by atoms with Gasteiger partial charge in [0.25, 0.3) is 0 Å².